The summed E-state index contributed by atoms with van der Waals surface area (Å²) in [5, 5.41) is 9.85. The Labute approximate surface area is 121 Å². The van der Waals surface area contributed by atoms with Crippen molar-refractivity contribution in [1.82, 2.24) is 9.97 Å². The van der Waals surface area contributed by atoms with E-state index in [-0.39, 0.29) is 5.02 Å². The van der Waals surface area contributed by atoms with Gasteiger partial charge in [-0.1, -0.05) is 23.2 Å². The van der Waals surface area contributed by atoms with E-state index in [0.29, 0.717) is 0 Å². The minimum atomic E-state index is -5.91. The summed E-state index contributed by atoms with van der Waals surface area (Å²) in [6.45, 7) is 0. The van der Waals surface area contributed by atoms with Crippen molar-refractivity contribution >= 4 is 39.9 Å². The lowest BCUT2D eigenvalue weighted by Crippen LogP contribution is -2.34. The molecule has 1 heterocycles. The second-order valence-corrected chi connectivity index (χ2v) is 4.62. The second-order valence-electron chi connectivity index (χ2n) is 3.83. The van der Waals surface area contributed by atoms with Crippen LogP contribution in [0.3, 0.4) is 0 Å². The number of benzene rings is 1. The van der Waals surface area contributed by atoms with Crippen molar-refractivity contribution in [1.29, 1.82) is 0 Å². The first-order valence-electron chi connectivity index (χ1n) is 4.94. The van der Waals surface area contributed by atoms with E-state index in [1.807, 2.05) is 0 Å². The Kier molecular flexibility index (Phi) is 3.49. The highest BCUT2D eigenvalue weighted by Crippen LogP contribution is 2.45. The monoisotopic (exact) mass is 349 g/mol. The van der Waals surface area contributed by atoms with Crippen LogP contribution in [0.25, 0.3) is 11.0 Å². The molecule has 114 valence electrons. The highest BCUT2D eigenvalue weighted by atomic mass is 35.5. The number of aromatic nitrogens is 2. The summed E-state index contributed by atoms with van der Waals surface area (Å²) in [6, 6.07) is 0.870. The van der Waals surface area contributed by atoms with E-state index in [1.165, 1.54) is 0 Å². The fourth-order valence-corrected chi connectivity index (χ4v) is 1.94. The molecule has 0 atom stereocenters. The zero-order valence-electron chi connectivity index (χ0n) is 9.43. The van der Waals surface area contributed by atoms with Gasteiger partial charge in [-0.05, 0) is 6.07 Å². The number of H-pyrrole nitrogens is 1. The van der Waals surface area contributed by atoms with E-state index in [0.717, 1.165) is 6.07 Å². The van der Waals surface area contributed by atoms with Crippen LogP contribution < -0.4 is 0 Å². The van der Waals surface area contributed by atoms with Crippen molar-refractivity contribution in [2.24, 2.45) is 0 Å². The van der Waals surface area contributed by atoms with E-state index in [2.05, 4.69) is 4.98 Å². The van der Waals surface area contributed by atoms with Crippen LogP contribution in [0.1, 0.15) is 5.82 Å². The molecule has 1 aromatic heterocycles. The van der Waals surface area contributed by atoms with E-state index < -0.39 is 44.6 Å². The molecule has 0 spiro atoms. The normalized spacial score (nSPS) is 12.9. The number of hydrogen-bond acceptors (Lipinski definition) is 3. The van der Waals surface area contributed by atoms with Crippen LogP contribution in [-0.2, 0) is 5.92 Å². The zero-order valence-corrected chi connectivity index (χ0v) is 10.9. The third-order valence-electron chi connectivity index (χ3n) is 2.48. The number of nitro benzene ring substituents is 1. The minimum absolute atomic E-state index is 0.388. The molecule has 21 heavy (non-hydrogen) atoms. The van der Waals surface area contributed by atoms with Crippen LogP contribution in [0.15, 0.2) is 6.07 Å². The molecule has 2 aromatic rings. The van der Waals surface area contributed by atoms with Gasteiger partial charge in [0.25, 0.3) is 0 Å². The zero-order chi connectivity index (χ0) is 16.2. The lowest BCUT2D eigenvalue weighted by Gasteiger charge is -2.16. The Bertz CT molecular complexity index is 743. The SMILES string of the molecule is O=[N+]([O-])c1c(Cl)c(Cl)cc2[nH]c(C(F)(F)C(F)(F)F)nc12. The standard InChI is InChI=1S/C9H2Cl2F5N3O2/c10-2-1-3-5(6(4(2)11)19(20)21)18-7(17-3)8(12,13)9(14,15)16/h1H,(H,17,18). The van der Waals surface area contributed by atoms with Crippen molar-refractivity contribution in [2.75, 3.05) is 0 Å². The molecule has 0 aliphatic heterocycles. The van der Waals surface area contributed by atoms with Gasteiger partial charge in [-0.3, -0.25) is 10.1 Å². The van der Waals surface area contributed by atoms with Gasteiger partial charge in [0.1, 0.15) is 5.02 Å². The number of alkyl halides is 5. The number of imidazole rings is 1. The molecule has 0 saturated heterocycles. The summed E-state index contributed by atoms with van der Waals surface area (Å²) in [7, 11) is 0. The third-order valence-corrected chi connectivity index (χ3v) is 3.26. The van der Waals surface area contributed by atoms with Gasteiger partial charge in [-0.15, -0.1) is 0 Å². The first-order chi connectivity index (χ1) is 9.46. The van der Waals surface area contributed by atoms with E-state index >= 15 is 0 Å². The highest BCUT2D eigenvalue weighted by molar-refractivity contribution is 6.44. The second kappa shape index (κ2) is 4.67. The number of nitro groups is 1. The predicted octanol–water partition coefficient (Wildman–Crippen LogP) is 4.43. The fraction of sp³-hybridized carbons (Fsp3) is 0.222. The molecule has 0 saturated carbocycles. The molecule has 1 N–H and O–H groups in total. The molecule has 0 unspecified atom stereocenters. The molecule has 0 radical (unpaired) electrons. The number of nitrogens with one attached hydrogen (secondary N) is 1. The predicted molar refractivity (Wildman–Crippen MR) is 62.7 cm³/mol. The molecule has 0 amide bonds. The first-order valence-corrected chi connectivity index (χ1v) is 5.69. The number of nitrogens with zero attached hydrogens (tertiary/aromatic N) is 2. The van der Waals surface area contributed by atoms with Gasteiger partial charge in [0.05, 0.1) is 15.5 Å². The third kappa shape index (κ3) is 2.38. The Hall–Kier alpha value is -1.68. The van der Waals surface area contributed by atoms with Crippen molar-refractivity contribution in [3.63, 3.8) is 0 Å². The van der Waals surface area contributed by atoms with Crippen molar-refractivity contribution < 1.29 is 26.9 Å². The maximum absolute atomic E-state index is 13.2. The topological polar surface area (TPSA) is 71.8 Å². The maximum atomic E-state index is 13.2. The highest BCUT2D eigenvalue weighted by Gasteiger charge is 2.61. The molecular formula is C9H2Cl2F5N3O2. The Morgan fingerprint density at radius 3 is 2.29 bits per heavy atom. The summed E-state index contributed by atoms with van der Waals surface area (Å²) >= 11 is 11.1. The summed E-state index contributed by atoms with van der Waals surface area (Å²) in [5.74, 6) is -7.09. The fourth-order valence-electron chi connectivity index (χ4n) is 1.53. The van der Waals surface area contributed by atoms with Gasteiger partial charge in [0.15, 0.2) is 11.3 Å². The first kappa shape index (κ1) is 15.7. The largest absolute Gasteiger partial charge is 0.461 e. The summed E-state index contributed by atoms with van der Waals surface area (Å²) in [4.78, 5) is 14.4. The van der Waals surface area contributed by atoms with E-state index in [1.54, 1.807) is 4.98 Å². The molecular weight excluding hydrogens is 348 g/mol. The van der Waals surface area contributed by atoms with Gasteiger partial charge in [0.2, 0.25) is 0 Å². The van der Waals surface area contributed by atoms with E-state index in [4.69, 9.17) is 23.2 Å². The van der Waals surface area contributed by atoms with Crippen LogP contribution in [-0.4, -0.2) is 21.1 Å². The average Bonchev–Trinajstić information content (AvgIpc) is 2.71. The molecule has 0 aliphatic carbocycles. The van der Waals surface area contributed by atoms with Gasteiger partial charge in [-0.2, -0.15) is 22.0 Å². The van der Waals surface area contributed by atoms with Gasteiger partial charge in [0, 0.05) is 0 Å². The Balaban J connectivity index is 2.79. The minimum Gasteiger partial charge on any atom is -0.336 e. The lowest BCUT2D eigenvalue weighted by molar-refractivity contribution is -0.383. The maximum Gasteiger partial charge on any atom is 0.461 e. The van der Waals surface area contributed by atoms with Crippen molar-refractivity contribution in [3.8, 4) is 0 Å². The van der Waals surface area contributed by atoms with Crippen LogP contribution >= 0.6 is 23.2 Å². The van der Waals surface area contributed by atoms with Crippen LogP contribution in [0.4, 0.5) is 27.6 Å². The number of hydrogen-bond donors (Lipinski definition) is 1. The smallest absolute Gasteiger partial charge is 0.336 e. The molecule has 0 bridgehead atoms. The Morgan fingerprint density at radius 1 is 1.24 bits per heavy atom. The number of rotatable bonds is 2. The summed E-state index contributed by atoms with van der Waals surface area (Å²) in [6.07, 6.45) is -5.91. The van der Waals surface area contributed by atoms with Gasteiger partial charge >= 0.3 is 17.8 Å². The molecule has 0 aliphatic rings. The summed E-state index contributed by atoms with van der Waals surface area (Å²) < 4.78 is 63.2. The Morgan fingerprint density at radius 2 is 1.81 bits per heavy atom. The van der Waals surface area contributed by atoms with Gasteiger partial charge < -0.3 is 4.98 Å². The van der Waals surface area contributed by atoms with Crippen molar-refractivity contribution in [2.45, 2.75) is 12.1 Å². The molecule has 12 heteroatoms. The number of halogens is 7. The van der Waals surface area contributed by atoms with Crippen molar-refractivity contribution in [3.05, 3.63) is 32.1 Å². The average molecular weight is 350 g/mol. The number of aromatic amines is 1. The van der Waals surface area contributed by atoms with Crippen LogP contribution in [0.2, 0.25) is 10.0 Å². The molecule has 0 fully saturated rings. The lowest BCUT2D eigenvalue weighted by atomic mass is 10.2. The number of fused-ring (bicyclic) bond motifs is 1. The molecule has 1 aromatic carbocycles. The van der Waals surface area contributed by atoms with E-state index in [9.17, 15) is 32.1 Å². The quantitative estimate of drug-likeness (QED) is 0.495. The molecule has 5 nitrogen and oxygen atoms in total. The van der Waals surface area contributed by atoms with Crippen LogP contribution in [0.5, 0.6) is 0 Å². The molecule has 2 rings (SSSR count). The van der Waals surface area contributed by atoms with Crippen LogP contribution in [0, 0.1) is 10.1 Å². The summed E-state index contributed by atoms with van der Waals surface area (Å²) in [5.41, 5.74) is -2.16. The van der Waals surface area contributed by atoms with Gasteiger partial charge in [-0.25, -0.2) is 4.98 Å².